The molecule has 1 heterocycles. The Bertz CT molecular complexity index is 354. The van der Waals surface area contributed by atoms with Gasteiger partial charge in [-0.2, -0.15) is 0 Å². The molecule has 1 amide bonds. The Labute approximate surface area is 104 Å². The fraction of sp³-hybridized carbons (Fsp3) is 0.455. The molecule has 0 saturated heterocycles. The molecule has 5 heteroatoms. The first-order valence-electron chi connectivity index (χ1n) is 5.18. The highest BCUT2D eigenvalue weighted by Gasteiger charge is 2.09. The lowest BCUT2D eigenvalue weighted by molar-refractivity contribution is -0.132. The van der Waals surface area contributed by atoms with Crippen LogP contribution in [0.1, 0.15) is 13.8 Å². The van der Waals surface area contributed by atoms with E-state index in [0.717, 1.165) is 4.47 Å². The molecule has 0 aromatic carbocycles. The zero-order chi connectivity index (χ0) is 12.0. The quantitative estimate of drug-likeness (QED) is 0.832. The van der Waals surface area contributed by atoms with Crippen molar-refractivity contribution in [2.24, 2.45) is 0 Å². The number of likely N-dealkylation sites (N-methyl/N-ethyl adjacent to an activating group) is 1. The van der Waals surface area contributed by atoms with E-state index < -0.39 is 0 Å². The van der Waals surface area contributed by atoms with Crippen molar-refractivity contribution < 1.29 is 9.53 Å². The Morgan fingerprint density at radius 3 is 2.69 bits per heavy atom. The average molecular weight is 287 g/mol. The molecular formula is C11H15BrN2O2. The molecule has 0 aliphatic heterocycles. The molecule has 88 valence electrons. The van der Waals surface area contributed by atoms with Crippen LogP contribution in [-0.2, 0) is 4.79 Å². The second-order valence-electron chi connectivity index (χ2n) is 3.19. The van der Waals surface area contributed by atoms with Crippen molar-refractivity contribution in [3.63, 3.8) is 0 Å². The van der Waals surface area contributed by atoms with Crippen LogP contribution in [0.3, 0.4) is 0 Å². The fourth-order valence-electron chi connectivity index (χ4n) is 1.28. The lowest BCUT2D eigenvalue weighted by Gasteiger charge is -2.18. The molecule has 0 saturated carbocycles. The van der Waals surface area contributed by atoms with E-state index in [0.29, 0.717) is 18.8 Å². The van der Waals surface area contributed by atoms with Gasteiger partial charge in [0.15, 0.2) is 6.61 Å². The van der Waals surface area contributed by atoms with Crippen LogP contribution < -0.4 is 4.74 Å². The van der Waals surface area contributed by atoms with Gasteiger partial charge in [0.25, 0.3) is 5.91 Å². The summed E-state index contributed by atoms with van der Waals surface area (Å²) < 4.78 is 6.18. The highest BCUT2D eigenvalue weighted by atomic mass is 79.9. The third kappa shape index (κ3) is 3.81. The largest absolute Gasteiger partial charge is 0.482 e. The second-order valence-corrected chi connectivity index (χ2v) is 4.11. The Morgan fingerprint density at radius 1 is 1.44 bits per heavy atom. The number of amides is 1. The normalized spacial score (nSPS) is 9.94. The third-order valence-corrected chi connectivity index (χ3v) is 2.59. The Balaban J connectivity index is 2.48. The van der Waals surface area contributed by atoms with E-state index in [1.165, 1.54) is 0 Å². The summed E-state index contributed by atoms with van der Waals surface area (Å²) in [5.41, 5.74) is 0. The van der Waals surface area contributed by atoms with E-state index in [1.807, 2.05) is 13.8 Å². The number of halogens is 1. The van der Waals surface area contributed by atoms with Gasteiger partial charge >= 0.3 is 0 Å². The number of pyridine rings is 1. The van der Waals surface area contributed by atoms with Gasteiger partial charge < -0.3 is 9.64 Å². The molecule has 1 aromatic heterocycles. The number of rotatable bonds is 5. The van der Waals surface area contributed by atoms with Gasteiger partial charge in [0, 0.05) is 23.8 Å². The highest BCUT2D eigenvalue weighted by molar-refractivity contribution is 9.10. The average Bonchev–Trinajstić information content (AvgIpc) is 2.28. The van der Waals surface area contributed by atoms with Crippen LogP contribution in [0.15, 0.2) is 22.9 Å². The van der Waals surface area contributed by atoms with E-state index in [-0.39, 0.29) is 12.5 Å². The van der Waals surface area contributed by atoms with Crippen molar-refractivity contribution >= 4 is 21.8 Å². The molecule has 0 N–H and O–H groups in total. The number of aromatic nitrogens is 1. The summed E-state index contributed by atoms with van der Waals surface area (Å²) in [5.74, 6) is 0.583. The molecule has 0 aliphatic carbocycles. The smallest absolute Gasteiger partial charge is 0.260 e. The monoisotopic (exact) mass is 286 g/mol. The maximum absolute atomic E-state index is 11.6. The fourth-order valence-corrected chi connectivity index (χ4v) is 1.63. The zero-order valence-electron chi connectivity index (χ0n) is 9.44. The number of carbonyl (C=O) groups excluding carboxylic acids is 1. The summed E-state index contributed by atoms with van der Waals surface area (Å²) in [6.45, 7) is 5.36. The van der Waals surface area contributed by atoms with Crippen molar-refractivity contribution in [2.45, 2.75) is 13.8 Å². The molecule has 0 unspecified atom stereocenters. The molecule has 0 atom stereocenters. The van der Waals surface area contributed by atoms with Crippen molar-refractivity contribution in [3.8, 4) is 5.75 Å². The van der Waals surface area contributed by atoms with Gasteiger partial charge in [0.2, 0.25) is 0 Å². The first-order chi connectivity index (χ1) is 7.67. The summed E-state index contributed by atoms with van der Waals surface area (Å²) in [4.78, 5) is 17.3. The standard InChI is InChI=1S/C11H15BrN2O2/c1-3-14(4-2)11(15)8-16-10-5-9(12)6-13-7-10/h5-7H,3-4,8H2,1-2H3. The molecule has 0 aliphatic rings. The first kappa shape index (κ1) is 13.0. The first-order valence-corrected chi connectivity index (χ1v) is 5.97. The minimum absolute atomic E-state index is 0.00928. The summed E-state index contributed by atoms with van der Waals surface area (Å²) in [7, 11) is 0. The summed E-state index contributed by atoms with van der Waals surface area (Å²) in [5, 5.41) is 0. The third-order valence-electron chi connectivity index (χ3n) is 2.16. The van der Waals surface area contributed by atoms with Crippen LogP contribution in [0, 0.1) is 0 Å². The number of nitrogens with zero attached hydrogens (tertiary/aromatic N) is 2. The summed E-state index contributed by atoms with van der Waals surface area (Å²) >= 11 is 3.29. The topological polar surface area (TPSA) is 42.4 Å². The van der Waals surface area contributed by atoms with Gasteiger partial charge in [-0.3, -0.25) is 9.78 Å². The van der Waals surface area contributed by atoms with E-state index in [1.54, 1.807) is 23.4 Å². The van der Waals surface area contributed by atoms with Gasteiger partial charge in [-0.15, -0.1) is 0 Å². The van der Waals surface area contributed by atoms with E-state index in [4.69, 9.17) is 4.74 Å². The maximum atomic E-state index is 11.6. The van der Waals surface area contributed by atoms with Crippen molar-refractivity contribution in [2.75, 3.05) is 19.7 Å². The van der Waals surface area contributed by atoms with E-state index in [9.17, 15) is 4.79 Å². The highest BCUT2D eigenvalue weighted by Crippen LogP contribution is 2.15. The van der Waals surface area contributed by atoms with Crippen LogP contribution in [0.4, 0.5) is 0 Å². The van der Waals surface area contributed by atoms with E-state index >= 15 is 0 Å². The van der Waals surface area contributed by atoms with Crippen molar-refractivity contribution in [1.29, 1.82) is 0 Å². The molecule has 0 spiro atoms. The van der Waals surface area contributed by atoms with Gasteiger partial charge in [-0.1, -0.05) is 0 Å². The minimum atomic E-state index is -0.00928. The second kappa shape index (κ2) is 6.48. The SMILES string of the molecule is CCN(CC)C(=O)COc1cncc(Br)c1. The molecule has 0 radical (unpaired) electrons. The number of ether oxygens (including phenoxy) is 1. The van der Waals surface area contributed by atoms with Crippen LogP contribution in [0.25, 0.3) is 0 Å². The minimum Gasteiger partial charge on any atom is -0.482 e. The van der Waals surface area contributed by atoms with Crippen LogP contribution in [-0.4, -0.2) is 35.5 Å². The summed E-state index contributed by atoms with van der Waals surface area (Å²) in [6.07, 6.45) is 3.25. The van der Waals surface area contributed by atoms with Gasteiger partial charge in [-0.05, 0) is 35.8 Å². The van der Waals surface area contributed by atoms with Crippen molar-refractivity contribution in [3.05, 3.63) is 22.9 Å². The molecule has 0 fully saturated rings. The van der Waals surface area contributed by atoms with Gasteiger partial charge in [-0.25, -0.2) is 0 Å². The zero-order valence-corrected chi connectivity index (χ0v) is 11.0. The van der Waals surface area contributed by atoms with Crippen LogP contribution >= 0.6 is 15.9 Å². The van der Waals surface area contributed by atoms with Crippen LogP contribution in [0.5, 0.6) is 5.75 Å². The predicted octanol–water partition coefficient (Wildman–Crippen LogP) is 2.09. The van der Waals surface area contributed by atoms with Gasteiger partial charge in [0.05, 0.1) is 6.20 Å². The lowest BCUT2D eigenvalue weighted by Crippen LogP contribution is -2.34. The molecule has 4 nitrogen and oxygen atoms in total. The maximum Gasteiger partial charge on any atom is 0.260 e. The molecular weight excluding hydrogens is 272 g/mol. The predicted molar refractivity (Wildman–Crippen MR) is 65.4 cm³/mol. The molecule has 0 bridgehead atoms. The number of hydrogen-bond acceptors (Lipinski definition) is 3. The number of hydrogen-bond donors (Lipinski definition) is 0. The Hall–Kier alpha value is -1.10. The van der Waals surface area contributed by atoms with Crippen molar-refractivity contribution in [1.82, 2.24) is 9.88 Å². The van der Waals surface area contributed by atoms with E-state index in [2.05, 4.69) is 20.9 Å². The molecule has 1 aromatic rings. The van der Waals surface area contributed by atoms with Crippen LogP contribution in [0.2, 0.25) is 0 Å². The van der Waals surface area contributed by atoms with Gasteiger partial charge in [0.1, 0.15) is 5.75 Å². The molecule has 16 heavy (non-hydrogen) atoms. The number of carbonyl (C=O) groups is 1. The lowest BCUT2D eigenvalue weighted by atomic mass is 10.4. The molecule has 1 rings (SSSR count). The summed E-state index contributed by atoms with van der Waals surface area (Å²) in [6, 6.07) is 1.78. The Morgan fingerprint density at radius 2 is 2.12 bits per heavy atom. The Kier molecular flexibility index (Phi) is 5.25.